The van der Waals surface area contributed by atoms with Crippen LogP contribution in [0.4, 0.5) is 4.79 Å². The van der Waals surface area contributed by atoms with Gasteiger partial charge >= 0.3 is 17.3 Å². The van der Waals surface area contributed by atoms with Crippen molar-refractivity contribution in [1.82, 2.24) is 4.90 Å². The van der Waals surface area contributed by atoms with E-state index >= 15 is 0 Å². The molecule has 1 amide bonds. The molecule has 0 N–H and O–H groups in total. The maximum Gasteiger partial charge on any atom is 0.316 e. The van der Waals surface area contributed by atoms with Gasteiger partial charge in [-0.1, -0.05) is 0 Å². The van der Waals surface area contributed by atoms with Crippen LogP contribution in [0, 0.1) is 5.41 Å². The Hall–Kier alpha value is -1.30. The van der Waals surface area contributed by atoms with E-state index in [1.807, 2.05) is 0 Å². The smallest absolute Gasteiger partial charge is 0.316 e. The van der Waals surface area contributed by atoms with Crippen LogP contribution in [-0.4, -0.2) is 48.5 Å². The Bertz CT molecular complexity index is 377. The average molecular weight is 306 g/mol. The predicted octanol–water partition coefficient (Wildman–Crippen LogP) is 1.94. The maximum atomic E-state index is 12.2. The first-order valence-electron chi connectivity index (χ1n) is 6.72. The average Bonchev–Trinajstić information content (AvgIpc) is 2.39. The van der Waals surface area contributed by atoms with Gasteiger partial charge in [-0.3, -0.25) is 14.4 Å². The molecular weight excluding hydrogens is 286 g/mol. The molecule has 0 aromatic rings. The second-order valence-electron chi connectivity index (χ2n) is 4.72. The second kappa shape index (κ2) is 7.47. The van der Waals surface area contributed by atoms with E-state index in [-0.39, 0.29) is 19.6 Å². The van der Waals surface area contributed by atoms with E-state index < -0.39 is 22.7 Å². The summed E-state index contributed by atoms with van der Waals surface area (Å²) in [5, 5.41) is -0.543. The molecular formula is C13H20ClNO5. The number of piperidine rings is 1. The summed E-state index contributed by atoms with van der Waals surface area (Å²) in [6, 6.07) is 0. The molecule has 1 rings (SSSR count). The molecule has 6 nitrogen and oxygen atoms in total. The summed E-state index contributed by atoms with van der Waals surface area (Å²) in [4.78, 5) is 36.4. The molecule has 0 saturated carbocycles. The Morgan fingerprint density at radius 2 is 1.65 bits per heavy atom. The van der Waals surface area contributed by atoms with Gasteiger partial charge in [0.25, 0.3) is 0 Å². The molecule has 0 aromatic heterocycles. The molecule has 0 bridgehead atoms. The number of hydrogen-bond donors (Lipinski definition) is 0. The number of halogens is 1. The molecule has 0 radical (unpaired) electrons. The molecule has 0 spiro atoms. The molecule has 7 heteroatoms. The van der Waals surface area contributed by atoms with Gasteiger partial charge < -0.3 is 14.4 Å². The molecule has 0 unspecified atom stereocenters. The van der Waals surface area contributed by atoms with Gasteiger partial charge in [0.15, 0.2) is 0 Å². The normalized spacial score (nSPS) is 17.4. The minimum absolute atomic E-state index is 0.0238. The van der Waals surface area contributed by atoms with Gasteiger partial charge in [-0.2, -0.15) is 0 Å². The molecule has 20 heavy (non-hydrogen) atoms. The third-order valence-electron chi connectivity index (χ3n) is 3.47. The van der Waals surface area contributed by atoms with Crippen LogP contribution in [0.5, 0.6) is 0 Å². The van der Waals surface area contributed by atoms with Crippen molar-refractivity contribution in [2.45, 2.75) is 33.1 Å². The molecule has 0 aliphatic carbocycles. The zero-order valence-electron chi connectivity index (χ0n) is 11.8. The molecule has 1 fully saturated rings. The highest BCUT2D eigenvalue weighted by Gasteiger charge is 2.45. The minimum Gasteiger partial charge on any atom is -0.466 e. The van der Waals surface area contributed by atoms with E-state index in [4.69, 9.17) is 21.1 Å². The summed E-state index contributed by atoms with van der Waals surface area (Å²) in [7, 11) is 0. The molecule has 1 heterocycles. The van der Waals surface area contributed by atoms with Crippen LogP contribution in [0.15, 0.2) is 0 Å². The van der Waals surface area contributed by atoms with Gasteiger partial charge in [0, 0.05) is 13.1 Å². The fraction of sp³-hybridized carbons (Fsp3) is 0.769. The zero-order valence-corrected chi connectivity index (χ0v) is 12.6. The molecule has 0 atom stereocenters. The van der Waals surface area contributed by atoms with E-state index in [0.29, 0.717) is 25.9 Å². The first kappa shape index (κ1) is 16.8. The van der Waals surface area contributed by atoms with Crippen molar-refractivity contribution in [3.8, 4) is 0 Å². The Kier molecular flexibility index (Phi) is 6.26. The monoisotopic (exact) mass is 305 g/mol. The first-order valence-corrected chi connectivity index (χ1v) is 7.10. The van der Waals surface area contributed by atoms with Gasteiger partial charge in [0.05, 0.1) is 25.0 Å². The number of likely N-dealkylation sites (tertiary alicyclic amines) is 1. The van der Waals surface area contributed by atoms with Crippen LogP contribution in [-0.2, 0) is 19.1 Å². The molecule has 114 valence electrons. The number of amides is 1. The van der Waals surface area contributed by atoms with Gasteiger partial charge in [0.2, 0.25) is 0 Å². The number of esters is 2. The van der Waals surface area contributed by atoms with Gasteiger partial charge in [-0.25, -0.2) is 0 Å². The molecule has 0 aromatic carbocycles. The summed E-state index contributed by atoms with van der Waals surface area (Å²) in [5.41, 5.74) is -0.912. The quantitative estimate of drug-likeness (QED) is 0.441. The Morgan fingerprint density at radius 1 is 1.10 bits per heavy atom. The van der Waals surface area contributed by atoms with E-state index in [1.54, 1.807) is 13.8 Å². The van der Waals surface area contributed by atoms with Crippen LogP contribution >= 0.6 is 11.6 Å². The van der Waals surface area contributed by atoms with Crippen molar-refractivity contribution in [3.63, 3.8) is 0 Å². The van der Waals surface area contributed by atoms with Gasteiger partial charge in [-0.15, -0.1) is 0 Å². The second-order valence-corrected chi connectivity index (χ2v) is 5.05. The molecule has 1 saturated heterocycles. The largest absolute Gasteiger partial charge is 0.466 e. The summed E-state index contributed by atoms with van der Waals surface area (Å²) in [6.07, 6.45) is 0.677. The lowest BCUT2D eigenvalue weighted by Crippen LogP contribution is -2.47. The molecule has 1 aliphatic rings. The number of carbonyl (C=O) groups excluding carboxylic acids is 3. The van der Waals surface area contributed by atoms with E-state index in [2.05, 4.69) is 0 Å². The van der Waals surface area contributed by atoms with Crippen LogP contribution in [0.1, 0.15) is 33.1 Å². The number of nitrogens with zero attached hydrogens (tertiary/aromatic N) is 1. The lowest BCUT2D eigenvalue weighted by Gasteiger charge is -2.38. The highest BCUT2D eigenvalue weighted by Crippen LogP contribution is 2.37. The SMILES string of the molecule is CCOC(=O)CC1(C(=O)OCC)CCN(C(=O)Cl)CC1. The highest BCUT2D eigenvalue weighted by molar-refractivity contribution is 6.62. The van der Waals surface area contributed by atoms with Crippen molar-refractivity contribution < 1.29 is 23.9 Å². The van der Waals surface area contributed by atoms with Crippen molar-refractivity contribution in [1.29, 1.82) is 0 Å². The summed E-state index contributed by atoms with van der Waals surface area (Å²) < 4.78 is 10.00. The van der Waals surface area contributed by atoms with Gasteiger partial charge in [0.1, 0.15) is 0 Å². The lowest BCUT2D eigenvalue weighted by atomic mass is 9.75. The summed E-state index contributed by atoms with van der Waals surface area (Å²) in [5.74, 6) is -0.832. The fourth-order valence-corrected chi connectivity index (χ4v) is 2.51. The summed E-state index contributed by atoms with van der Waals surface area (Å²) in [6.45, 7) is 4.61. The number of ether oxygens (including phenoxy) is 2. The Balaban J connectivity index is 2.79. The van der Waals surface area contributed by atoms with E-state index in [0.717, 1.165) is 0 Å². The van der Waals surface area contributed by atoms with Crippen LogP contribution in [0.2, 0.25) is 0 Å². The third-order valence-corrected chi connectivity index (χ3v) is 3.70. The third kappa shape index (κ3) is 4.10. The minimum atomic E-state index is -0.912. The number of carbonyl (C=O) groups is 3. The van der Waals surface area contributed by atoms with Crippen LogP contribution < -0.4 is 0 Å². The van der Waals surface area contributed by atoms with Crippen molar-refractivity contribution >= 4 is 28.9 Å². The maximum absolute atomic E-state index is 12.2. The van der Waals surface area contributed by atoms with Crippen LogP contribution in [0.25, 0.3) is 0 Å². The standard InChI is InChI=1S/C13H20ClNO5/c1-3-19-10(16)9-13(11(17)20-4-2)5-7-15(8-6-13)12(14)18/h3-9H2,1-2H3. The topological polar surface area (TPSA) is 72.9 Å². The van der Waals surface area contributed by atoms with Crippen molar-refractivity contribution in [2.75, 3.05) is 26.3 Å². The fourth-order valence-electron chi connectivity index (χ4n) is 2.34. The van der Waals surface area contributed by atoms with Gasteiger partial charge in [-0.05, 0) is 38.3 Å². The predicted molar refractivity (Wildman–Crippen MR) is 72.4 cm³/mol. The zero-order chi connectivity index (χ0) is 15.2. The van der Waals surface area contributed by atoms with E-state index in [9.17, 15) is 14.4 Å². The number of rotatable bonds is 5. The summed E-state index contributed by atoms with van der Waals surface area (Å²) >= 11 is 5.43. The molecule has 1 aliphatic heterocycles. The Morgan fingerprint density at radius 3 is 2.10 bits per heavy atom. The lowest BCUT2D eigenvalue weighted by molar-refractivity contribution is -0.165. The van der Waals surface area contributed by atoms with Crippen molar-refractivity contribution in [3.05, 3.63) is 0 Å². The highest BCUT2D eigenvalue weighted by atomic mass is 35.5. The van der Waals surface area contributed by atoms with E-state index in [1.165, 1.54) is 4.90 Å². The number of hydrogen-bond acceptors (Lipinski definition) is 5. The first-order chi connectivity index (χ1) is 9.45. The Labute approximate surface area is 123 Å². The van der Waals surface area contributed by atoms with Crippen LogP contribution in [0.3, 0.4) is 0 Å². The van der Waals surface area contributed by atoms with Crippen molar-refractivity contribution in [2.24, 2.45) is 5.41 Å².